The molecule has 0 bridgehead atoms. The van der Waals surface area contributed by atoms with Gasteiger partial charge in [0, 0.05) is 0 Å². The average Bonchev–Trinajstić information content (AvgIpc) is 1.72. The largest absolute Gasteiger partial charge is 0.471 e. The Kier molecular flexibility index (Phi) is 38.5. The summed E-state index contributed by atoms with van der Waals surface area (Å²) in [6.45, 7) is 0.375. The molecule has 0 aliphatic carbocycles. The summed E-state index contributed by atoms with van der Waals surface area (Å²) >= 11 is 0. The monoisotopic (exact) mass is 91.0 g/mol. The van der Waals surface area contributed by atoms with Crippen molar-refractivity contribution in [2.24, 2.45) is 0 Å². The molecule has 6 heavy (non-hydrogen) atoms. The van der Waals surface area contributed by atoms with Crippen LogP contribution in [0.15, 0.2) is 0 Å². The maximum absolute atomic E-state index is 8.95. The van der Waals surface area contributed by atoms with Gasteiger partial charge >= 0.3 is 0 Å². The molecule has 0 fully saturated rings. The Morgan fingerprint density at radius 1 is 1.50 bits per heavy atom. The summed E-state index contributed by atoms with van der Waals surface area (Å²) in [4.78, 5) is 8.95. The lowest BCUT2D eigenvalue weighted by Gasteiger charge is -1.67. The summed E-state index contributed by atoms with van der Waals surface area (Å²) in [5, 5.41) is 8.25. The Labute approximate surface area is 36.5 Å². The van der Waals surface area contributed by atoms with Gasteiger partial charge in [0.2, 0.25) is 0 Å². The van der Waals surface area contributed by atoms with Gasteiger partial charge in [0.25, 0.3) is 6.47 Å². The Bertz CT molecular complexity index is 20.0. The van der Waals surface area contributed by atoms with Crippen LogP contribution in [0.2, 0.25) is 0 Å². The number of hydrogen-bond donors (Lipinski definition) is 0. The lowest BCUT2D eigenvalue weighted by molar-refractivity contribution is -0.126. The molecule has 0 heterocycles. The van der Waals surface area contributed by atoms with Crippen LogP contribution < -0.4 is 0 Å². The van der Waals surface area contributed by atoms with Gasteiger partial charge < -0.3 is 4.74 Å². The third kappa shape index (κ3) is 110. The highest BCUT2D eigenvalue weighted by atomic mass is 16.5. The molecule has 0 atom stereocenters. The first-order valence-electron chi connectivity index (χ1n) is 1.29. The molecule has 0 spiro atoms. The fourth-order valence-corrected chi connectivity index (χ4v) is 0. The van der Waals surface area contributed by atoms with E-state index in [9.17, 15) is 0 Å². The Hall–Kier alpha value is -0.570. The van der Waals surface area contributed by atoms with E-state index in [4.69, 9.17) is 9.90 Å². The Morgan fingerprint density at radius 2 is 1.67 bits per heavy atom. The van der Waals surface area contributed by atoms with Crippen LogP contribution in [0.4, 0.5) is 0 Å². The third-order valence-corrected chi connectivity index (χ3v) is 0.0962. The van der Waals surface area contributed by atoms with Crippen molar-refractivity contribution in [2.75, 3.05) is 14.2 Å². The summed E-state index contributed by atoms with van der Waals surface area (Å²) in [7, 11) is 2.06. The van der Waals surface area contributed by atoms with Gasteiger partial charge in [-0.2, -0.15) is 0 Å². The van der Waals surface area contributed by atoms with E-state index in [2.05, 4.69) is 4.74 Å². The molecule has 0 aromatic rings. The molecular formula is C3H7O3. The van der Waals surface area contributed by atoms with E-state index in [0.717, 1.165) is 7.11 Å². The number of hydrogen-bond acceptors (Lipinski definition) is 2. The second-order valence-electron chi connectivity index (χ2n) is 0.332. The summed E-state index contributed by atoms with van der Waals surface area (Å²) in [5.74, 6) is 0. The Morgan fingerprint density at radius 3 is 1.67 bits per heavy atom. The zero-order valence-corrected chi connectivity index (χ0v) is 3.80. The first-order valence-corrected chi connectivity index (χ1v) is 1.29. The van der Waals surface area contributed by atoms with E-state index < -0.39 is 0 Å². The smallest absolute Gasteiger partial charge is 0.292 e. The van der Waals surface area contributed by atoms with Crippen molar-refractivity contribution >= 4 is 6.47 Å². The van der Waals surface area contributed by atoms with Crippen LogP contribution in [0, 0.1) is 0 Å². The highest BCUT2D eigenvalue weighted by Gasteiger charge is 1.44. The maximum Gasteiger partial charge on any atom is 0.292 e. The summed E-state index contributed by atoms with van der Waals surface area (Å²) < 4.78 is 3.86. The highest BCUT2D eigenvalue weighted by Crippen LogP contribution is 1.35. The van der Waals surface area contributed by atoms with Crippen molar-refractivity contribution in [3.8, 4) is 0 Å². The van der Waals surface area contributed by atoms with Crippen LogP contribution in [-0.4, -0.2) is 20.7 Å². The molecular weight excluding hydrogens is 84.0 g/mol. The standard InChI is InChI=1S/C2H4O2.CH3O/c1-4-2-3;1-2/h2H,1H3;1H3. The van der Waals surface area contributed by atoms with Gasteiger partial charge in [-0.3, -0.25) is 4.79 Å². The molecule has 3 nitrogen and oxygen atoms in total. The quantitative estimate of drug-likeness (QED) is 0.421. The van der Waals surface area contributed by atoms with Crippen LogP contribution in [0.5, 0.6) is 0 Å². The number of rotatable bonds is 1. The molecule has 0 unspecified atom stereocenters. The van der Waals surface area contributed by atoms with E-state index in [1.807, 2.05) is 0 Å². The molecule has 37 valence electrons. The predicted octanol–water partition coefficient (Wildman–Crippen LogP) is -0.164. The number of carbonyl (C=O) groups excluding carboxylic acids is 1. The zero-order valence-electron chi connectivity index (χ0n) is 3.80. The minimum atomic E-state index is 0.375. The number of ether oxygens (including phenoxy) is 1. The topological polar surface area (TPSA) is 46.2 Å². The van der Waals surface area contributed by atoms with Gasteiger partial charge in [0.15, 0.2) is 0 Å². The molecule has 0 aromatic heterocycles. The third-order valence-electron chi connectivity index (χ3n) is 0.0962. The Balaban J connectivity index is 0. The zero-order chi connectivity index (χ0) is 5.41. The van der Waals surface area contributed by atoms with Gasteiger partial charge in [-0.15, -0.1) is 0 Å². The normalized spacial score (nSPS) is 4.50. The van der Waals surface area contributed by atoms with Crippen LogP contribution in [0.3, 0.4) is 0 Å². The van der Waals surface area contributed by atoms with Crippen LogP contribution in [-0.2, 0) is 14.6 Å². The van der Waals surface area contributed by atoms with Crippen molar-refractivity contribution in [3.63, 3.8) is 0 Å². The minimum absolute atomic E-state index is 0.375. The molecule has 3 heteroatoms. The van der Waals surface area contributed by atoms with Gasteiger partial charge in [-0.1, -0.05) is 0 Å². The lowest BCUT2D eigenvalue weighted by atomic mass is 11.5. The molecule has 0 saturated heterocycles. The minimum Gasteiger partial charge on any atom is -0.471 e. The molecule has 0 saturated carbocycles. The SMILES string of the molecule is COC=O.C[O]. The fourth-order valence-electron chi connectivity index (χ4n) is 0. The van der Waals surface area contributed by atoms with Crippen molar-refractivity contribution in [3.05, 3.63) is 0 Å². The maximum atomic E-state index is 8.95. The van der Waals surface area contributed by atoms with Crippen LogP contribution >= 0.6 is 0 Å². The molecule has 0 aliphatic rings. The van der Waals surface area contributed by atoms with Gasteiger partial charge in [-0.05, 0) is 0 Å². The second kappa shape index (κ2) is 25.5. The first kappa shape index (κ1) is 9.06. The lowest BCUT2D eigenvalue weighted by Crippen LogP contribution is -1.68. The van der Waals surface area contributed by atoms with E-state index in [1.54, 1.807) is 0 Å². The van der Waals surface area contributed by atoms with Crippen LogP contribution in [0.25, 0.3) is 0 Å². The summed E-state index contributed by atoms with van der Waals surface area (Å²) in [6.07, 6.45) is 0. The van der Waals surface area contributed by atoms with E-state index in [0.29, 0.717) is 6.47 Å². The molecule has 1 radical (unpaired) electrons. The predicted molar refractivity (Wildman–Crippen MR) is 19.7 cm³/mol. The molecule has 0 amide bonds. The number of methoxy groups -OCH3 is 1. The molecule has 0 aromatic carbocycles. The van der Waals surface area contributed by atoms with Crippen LogP contribution in [0.1, 0.15) is 0 Å². The molecule has 0 N–H and O–H groups in total. The van der Waals surface area contributed by atoms with Gasteiger partial charge in [0.05, 0.1) is 14.2 Å². The van der Waals surface area contributed by atoms with E-state index in [1.165, 1.54) is 7.11 Å². The molecule has 0 rings (SSSR count). The van der Waals surface area contributed by atoms with E-state index in [-0.39, 0.29) is 0 Å². The van der Waals surface area contributed by atoms with Crippen molar-refractivity contribution in [1.82, 2.24) is 0 Å². The average molecular weight is 91.1 g/mol. The van der Waals surface area contributed by atoms with Gasteiger partial charge in [0.1, 0.15) is 0 Å². The van der Waals surface area contributed by atoms with Crippen molar-refractivity contribution in [1.29, 1.82) is 0 Å². The number of carbonyl (C=O) groups is 1. The second-order valence-corrected chi connectivity index (χ2v) is 0.332. The van der Waals surface area contributed by atoms with Crippen molar-refractivity contribution in [2.45, 2.75) is 0 Å². The summed E-state index contributed by atoms with van der Waals surface area (Å²) in [6, 6.07) is 0. The molecule has 0 aliphatic heterocycles. The van der Waals surface area contributed by atoms with Gasteiger partial charge in [-0.25, -0.2) is 5.11 Å². The summed E-state index contributed by atoms with van der Waals surface area (Å²) in [5.41, 5.74) is 0. The van der Waals surface area contributed by atoms with Crippen molar-refractivity contribution < 1.29 is 14.6 Å². The highest BCUT2D eigenvalue weighted by molar-refractivity contribution is 5.36. The van der Waals surface area contributed by atoms with E-state index >= 15 is 0 Å². The first-order chi connectivity index (χ1) is 2.91. The fraction of sp³-hybridized carbons (Fsp3) is 0.667.